The maximum absolute atomic E-state index is 6.31. The average molecular weight is 311 g/mol. The van der Waals surface area contributed by atoms with E-state index >= 15 is 0 Å². The first-order valence-electron chi connectivity index (χ1n) is 7.25. The lowest BCUT2D eigenvalue weighted by molar-refractivity contribution is 0.642. The molecule has 0 nitrogen and oxygen atoms in total. The summed E-state index contributed by atoms with van der Waals surface area (Å²) >= 11 is 12.3. The molecule has 0 atom stereocenters. The lowest BCUT2D eigenvalue weighted by Crippen LogP contribution is -1.89. The van der Waals surface area contributed by atoms with Gasteiger partial charge in [-0.2, -0.15) is 0 Å². The lowest BCUT2D eigenvalue weighted by atomic mass is 9.99. The first-order valence-corrected chi connectivity index (χ1v) is 8.01. The maximum atomic E-state index is 6.31. The van der Waals surface area contributed by atoms with Crippen LogP contribution in [-0.4, -0.2) is 0 Å². The van der Waals surface area contributed by atoms with Gasteiger partial charge in [0.1, 0.15) is 0 Å². The Morgan fingerprint density at radius 3 is 2.45 bits per heavy atom. The Balaban J connectivity index is 3.04. The summed E-state index contributed by atoms with van der Waals surface area (Å²) in [5, 5.41) is 1.41. The topological polar surface area (TPSA) is 0 Å². The van der Waals surface area contributed by atoms with Crippen molar-refractivity contribution in [3.63, 3.8) is 0 Å². The van der Waals surface area contributed by atoms with E-state index < -0.39 is 0 Å². The summed E-state index contributed by atoms with van der Waals surface area (Å²) < 4.78 is 0. The molecule has 0 spiro atoms. The summed E-state index contributed by atoms with van der Waals surface area (Å²) in [5.41, 5.74) is 3.77. The molecule has 0 saturated heterocycles. The number of benzene rings is 1. The summed E-state index contributed by atoms with van der Waals surface area (Å²) in [6.45, 7) is 8.85. The molecule has 1 aromatic rings. The van der Waals surface area contributed by atoms with E-state index in [0.717, 1.165) is 29.8 Å². The van der Waals surface area contributed by atoms with Crippen LogP contribution in [0.2, 0.25) is 10.0 Å². The Labute approximate surface area is 133 Å². The van der Waals surface area contributed by atoms with Crippen molar-refractivity contribution in [3.8, 4) is 0 Å². The quantitative estimate of drug-likeness (QED) is 0.488. The number of allylic oxidation sites excluding steroid dienone is 4. The number of hydrogen-bond donors (Lipinski definition) is 0. The smallest absolute Gasteiger partial charge is 0.0495 e. The van der Waals surface area contributed by atoms with E-state index in [1.54, 1.807) is 0 Å². The zero-order valence-corrected chi connectivity index (χ0v) is 14.4. The molecule has 0 aliphatic rings. The van der Waals surface area contributed by atoms with Crippen LogP contribution in [-0.2, 0) is 0 Å². The molecule has 0 fully saturated rings. The number of halogens is 2. The third-order valence-corrected chi connectivity index (χ3v) is 3.64. The fourth-order valence-electron chi connectivity index (χ4n) is 2.28. The molecule has 1 rings (SSSR count). The molecule has 0 aliphatic heterocycles. The van der Waals surface area contributed by atoms with Crippen LogP contribution >= 0.6 is 23.2 Å². The van der Waals surface area contributed by atoms with Crippen molar-refractivity contribution in [2.45, 2.75) is 47.0 Å². The molecule has 0 aliphatic carbocycles. The van der Waals surface area contributed by atoms with Crippen molar-refractivity contribution in [2.75, 3.05) is 0 Å². The summed E-state index contributed by atoms with van der Waals surface area (Å²) in [7, 11) is 0. The zero-order valence-electron chi connectivity index (χ0n) is 12.8. The molecule has 2 heteroatoms. The van der Waals surface area contributed by atoms with Crippen molar-refractivity contribution in [2.24, 2.45) is 5.92 Å². The van der Waals surface area contributed by atoms with Crippen molar-refractivity contribution in [1.29, 1.82) is 0 Å². The molecule has 0 saturated carbocycles. The van der Waals surface area contributed by atoms with Gasteiger partial charge >= 0.3 is 0 Å². The van der Waals surface area contributed by atoms with Gasteiger partial charge in [0, 0.05) is 10.0 Å². The summed E-state index contributed by atoms with van der Waals surface area (Å²) in [5.74, 6) is 0.688. The Bertz CT molecular complexity index is 496. The van der Waals surface area contributed by atoms with Gasteiger partial charge in [0.25, 0.3) is 0 Å². The van der Waals surface area contributed by atoms with Crippen molar-refractivity contribution in [1.82, 2.24) is 0 Å². The van der Waals surface area contributed by atoms with Crippen LogP contribution in [0.15, 0.2) is 35.9 Å². The van der Waals surface area contributed by atoms with Gasteiger partial charge in [0.2, 0.25) is 0 Å². The fourth-order valence-corrected chi connectivity index (χ4v) is 2.81. The minimum atomic E-state index is 0.682. The molecule has 20 heavy (non-hydrogen) atoms. The van der Waals surface area contributed by atoms with E-state index in [1.807, 2.05) is 18.2 Å². The predicted molar refractivity (Wildman–Crippen MR) is 92.6 cm³/mol. The summed E-state index contributed by atoms with van der Waals surface area (Å²) in [6, 6.07) is 5.72. The highest BCUT2D eigenvalue weighted by Gasteiger charge is 2.06. The molecular weight excluding hydrogens is 287 g/mol. The number of hydrogen-bond acceptors (Lipinski definition) is 0. The highest BCUT2D eigenvalue weighted by molar-refractivity contribution is 6.35. The van der Waals surface area contributed by atoms with E-state index in [9.17, 15) is 0 Å². The van der Waals surface area contributed by atoms with Gasteiger partial charge in [-0.05, 0) is 49.0 Å². The standard InChI is InChI=1S/C18H24Cl2/c1-5-6-15(8-7-14(4)11-13(2)3)17-10-9-16(19)12-18(17)20/h7-10,12-13H,5-6,11H2,1-4H3/b14-7+,15-8+. The van der Waals surface area contributed by atoms with E-state index in [2.05, 4.69) is 39.8 Å². The van der Waals surface area contributed by atoms with Gasteiger partial charge in [-0.3, -0.25) is 0 Å². The average Bonchev–Trinajstić information content (AvgIpc) is 2.34. The van der Waals surface area contributed by atoms with Crippen LogP contribution in [0.5, 0.6) is 0 Å². The van der Waals surface area contributed by atoms with Crippen molar-refractivity contribution >= 4 is 28.8 Å². The maximum Gasteiger partial charge on any atom is 0.0495 e. The molecular formula is C18H24Cl2. The van der Waals surface area contributed by atoms with Gasteiger partial charge in [0.05, 0.1) is 0 Å². The van der Waals surface area contributed by atoms with Crippen LogP contribution in [0.3, 0.4) is 0 Å². The van der Waals surface area contributed by atoms with E-state index in [0.29, 0.717) is 10.9 Å². The van der Waals surface area contributed by atoms with Crippen LogP contribution in [0.4, 0.5) is 0 Å². The first-order chi connectivity index (χ1) is 9.43. The second-order valence-corrected chi connectivity index (χ2v) is 6.52. The van der Waals surface area contributed by atoms with Gasteiger partial charge in [-0.15, -0.1) is 0 Å². The monoisotopic (exact) mass is 310 g/mol. The molecule has 0 amide bonds. The van der Waals surface area contributed by atoms with Gasteiger partial charge in [0.15, 0.2) is 0 Å². The highest BCUT2D eigenvalue weighted by atomic mass is 35.5. The molecule has 0 heterocycles. The van der Waals surface area contributed by atoms with Crippen LogP contribution < -0.4 is 0 Å². The zero-order chi connectivity index (χ0) is 15.1. The second kappa shape index (κ2) is 8.54. The SMILES string of the molecule is CCC/C(=C\C=C(/C)CC(C)C)c1ccc(Cl)cc1Cl. The van der Waals surface area contributed by atoms with Crippen LogP contribution in [0.1, 0.15) is 52.5 Å². The molecule has 1 aromatic carbocycles. The van der Waals surface area contributed by atoms with Gasteiger partial charge in [-0.25, -0.2) is 0 Å². The normalized spacial score (nSPS) is 13.2. The Kier molecular flexibility index (Phi) is 7.40. The molecule has 0 N–H and O–H groups in total. The summed E-state index contributed by atoms with van der Waals surface area (Å²) in [4.78, 5) is 0. The lowest BCUT2D eigenvalue weighted by Gasteiger charge is -2.09. The van der Waals surface area contributed by atoms with Crippen molar-refractivity contribution < 1.29 is 0 Å². The number of rotatable bonds is 6. The third kappa shape index (κ3) is 5.73. The summed E-state index contributed by atoms with van der Waals surface area (Å²) in [6.07, 6.45) is 7.67. The molecule has 0 aromatic heterocycles. The van der Waals surface area contributed by atoms with E-state index in [1.165, 1.54) is 11.1 Å². The molecule has 0 bridgehead atoms. The Morgan fingerprint density at radius 1 is 1.20 bits per heavy atom. The first kappa shape index (κ1) is 17.3. The van der Waals surface area contributed by atoms with Crippen LogP contribution in [0, 0.1) is 5.92 Å². The molecule has 110 valence electrons. The second-order valence-electron chi connectivity index (χ2n) is 5.68. The molecule has 0 unspecified atom stereocenters. The minimum Gasteiger partial charge on any atom is -0.0843 e. The van der Waals surface area contributed by atoms with E-state index in [4.69, 9.17) is 23.2 Å². The predicted octanol–water partition coefficient (Wildman–Crippen LogP) is 7.17. The molecule has 0 radical (unpaired) electrons. The Morgan fingerprint density at radius 2 is 1.90 bits per heavy atom. The largest absolute Gasteiger partial charge is 0.0843 e. The van der Waals surface area contributed by atoms with Gasteiger partial charge in [-0.1, -0.05) is 74.2 Å². The highest BCUT2D eigenvalue weighted by Crippen LogP contribution is 2.30. The third-order valence-electron chi connectivity index (χ3n) is 3.10. The Hall–Kier alpha value is -0.720. The van der Waals surface area contributed by atoms with Gasteiger partial charge < -0.3 is 0 Å². The van der Waals surface area contributed by atoms with E-state index in [-0.39, 0.29) is 0 Å². The van der Waals surface area contributed by atoms with Crippen molar-refractivity contribution in [3.05, 3.63) is 51.5 Å². The fraction of sp³-hybridized carbons (Fsp3) is 0.444. The minimum absolute atomic E-state index is 0.682. The van der Waals surface area contributed by atoms with Crippen LogP contribution in [0.25, 0.3) is 5.57 Å².